The van der Waals surface area contributed by atoms with Gasteiger partial charge >= 0.3 is 0 Å². The zero-order chi connectivity index (χ0) is 13.9. The molecule has 3 rings (SSSR count). The number of nitrogens with zero attached hydrogens (tertiary/aromatic N) is 4. The second-order valence-corrected chi connectivity index (χ2v) is 5.40. The summed E-state index contributed by atoms with van der Waals surface area (Å²) in [5.74, 6) is 0.0593. The van der Waals surface area contributed by atoms with E-state index in [0.717, 1.165) is 31.5 Å². The molecule has 1 saturated heterocycles. The first-order chi connectivity index (χ1) is 9.74. The molecule has 0 radical (unpaired) electrons. The molecule has 0 unspecified atom stereocenters. The van der Waals surface area contributed by atoms with Crippen LogP contribution in [0.15, 0.2) is 24.7 Å². The van der Waals surface area contributed by atoms with E-state index < -0.39 is 0 Å². The van der Waals surface area contributed by atoms with Crippen LogP contribution in [0.25, 0.3) is 0 Å². The molecule has 1 N–H and O–H groups in total. The number of halogens is 1. The third kappa shape index (κ3) is 2.70. The van der Waals surface area contributed by atoms with Crippen molar-refractivity contribution in [3.05, 3.63) is 35.4 Å². The quantitative estimate of drug-likeness (QED) is 0.941. The number of carbonyl (C=O) groups is 1. The van der Waals surface area contributed by atoms with Crippen molar-refractivity contribution in [2.45, 2.75) is 31.8 Å². The van der Waals surface area contributed by atoms with E-state index in [1.54, 1.807) is 17.1 Å². The summed E-state index contributed by atoms with van der Waals surface area (Å²) < 4.78 is 1.57. The third-order valence-corrected chi connectivity index (χ3v) is 3.80. The van der Waals surface area contributed by atoms with Crippen molar-refractivity contribution in [2.24, 2.45) is 0 Å². The van der Waals surface area contributed by atoms with E-state index in [1.807, 2.05) is 11.0 Å². The number of carbonyl (C=O) groups excluding carboxylic acids is 1. The number of hydrogen-bond donors (Lipinski definition) is 1. The van der Waals surface area contributed by atoms with Crippen molar-refractivity contribution >= 4 is 17.5 Å². The van der Waals surface area contributed by atoms with Crippen molar-refractivity contribution in [2.75, 3.05) is 6.54 Å². The average molecular weight is 294 g/mol. The minimum Gasteiger partial charge on any atom is -0.333 e. The van der Waals surface area contributed by atoms with Gasteiger partial charge in [0.2, 0.25) is 5.91 Å². The highest BCUT2D eigenvalue weighted by Crippen LogP contribution is 2.29. The van der Waals surface area contributed by atoms with E-state index in [0.29, 0.717) is 5.02 Å². The molecule has 6 nitrogen and oxygen atoms in total. The minimum absolute atomic E-state index is 0.0593. The fraction of sp³-hybridized carbons (Fsp3) is 0.462. The van der Waals surface area contributed by atoms with Crippen LogP contribution >= 0.6 is 11.6 Å². The number of aromatic amines is 1. The maximum atomic E-state index is 12.5. The molecule has 0 aliphatic carbocycles. The van der Waals surface area contributed by atoms with E-state index in [-0.39, 0.29) is 18.5 Å². The Balaban J connectivity index is 1.74. The van der Waals surface area contributed by atoms with Crippen molar-refractivity contribution < 1.29 is 4.79 Å². The van der Waals surface area contributed by atoms with Gasteiger partial charge in [-0.15, -0.1) is 0 Å². The number of amides is 1. The predicted octanol–water partition coefficient (Wildman–Crippen LogP) is 2.01. The number of rotatable bonds is 3. The number of aromatic nitrogens is 4. The Labute approximate surface area is 121 Å². The van der Waals surface area contributed by atoms with Crippen molar-refractivity contribution in [1.29, 1.82) is 0 Å². The Morgan fingerprint density at radius 2 is 2.40 bits per heavy atom. The SMILES string of the molecule is O=C(Cn1cc(Cl)cn1)N1CCCC[C@H]1c1ccn[nH]1. The highest BCUT2D eigenvalue weighted by molar-refractivity contribution is 6.30. The van der Waals surface area contributed by atoms with Gasteiger partial charge in [0, 0.05) is 18.9 Å². The minimum atomic E-state index is 0.0593. The smallest absolute Gasteiger partial charge is 0.244 e. The van der Waals surface area contributed by atoms with E-state index in [9.17, 15) is 4.79 Å². The second kappa shape index (κ2) is 5.66. The molecule has 0 bridgehead atoms. The van der Waals surface area contributed by atoms with E-state index >= 15 is 0 Å². The lowest BCUT2D eigenvalue weighted by Gasteiger charge is -2.35. The lowest BCUT2D eigenvalue weighted by atomic mass is 9.99. The van der Waals surface area contributed by atoms with Gasteiger partial charge < -0.3 is 4.90 Å². The van der Waals surface area contributed by atoms with E-state index in [4.69, 9.17) is 11.6 Å². The van der Waals surface area contributed by atoms with Crippen molar-refractivity contribution in [3.8, 4) is 0 Å². The summed E-state index contributed by atoms with van der Waals surface area (Å²) >= 11 is 5.82. The van der Waals surface area contributed by atoms with Gasteiger partial charge in [0.1, 0.15) is 6.54 Å². The molecule has 1 aliphatic heterocycles. The molecule has 1 amide bonds. The molecule has 0 saturated carbocycles. The van der Waals surface area contributed by atoms with Gasteiger partial charge in [0.25, 0.3) is 0 Å². The highest BCUT2D eigenvalue weighted by Gasteiger charge is 2.28. The lowest BCUT2D eigenvalue weighted by molar-refractivity contribution is -0.136. The molecular formula is C13H16ClN5O. The van der Waals surface area contributed by atoms with Crippen LogP contribution in [0.2, 0.25) is 5.02 Å². The number of piperidine rings is 1. The monoisotopic (exact) mass is 293 g/mol. The average Bonchev–Trinajstić information content (AvgIpc) is 3.10. The molecule has 106 valence electrons. The Bertz CT molecular complexity index is 579. The zero-order valence-electron chi connectivity index (χ0n) is 11.0. The first kappa shape index (κ1) is 13.2. The Hall–Kier alpha value is -1.82. The Morgan fingerprint density at radius 3 is 3.10 bits per heavy atom. The summed E-state index contributed by atoms with van der Waals surface area (Å²) in [4.78, 5) is 14.4. The number of hydrogen-bond acceptors (Lipinski definition) is 3. The molecule has 7 heteroatoms. The van der Waals surface area contributed by atoms with Crippen LogP contribution in [0.3, 0.4) is 0 Å². The molecule has 1 atom stereocenters. The summed E-state index contributed by atoms with van der Waals surface area (Å²) in [5, 5.41) is 11.6. The summed E-state index contributed by atoms with van der Waals surface area (Å²) in [6.45, 7) is 0.995. The summed E-state index contributed by atoms with van der Waals surface area (Å²) in [7, 11) is 0. The first-order valence-corrected chi connectivity index (χ1v) is 7.08. The fourth-order valence-corrected chi connectivity index (χ4v) is 2.82. The molecule has 2 aromatic rings. The summed E-state index contributed by atoms with van der Waals surface area (Å²) in [5.41, 5.74) is 0.997. The van der Waals surface area contributed by atoms with Gasteiger partial charge in [0.15, 0.2) is 0 Å². The standard InChI is InChI=1S/C13H16ClN5O/c14-10-7-16-18(8-10)9-13(20)19-6-2-1-3-12(19)11-4-5-15-17-11/h4-5,7-8,12H,1-3,6,9H2,(H,15,17)/t12-/m0/s1. The van der Waals surface area contributed by atoms with E-state index in [1.165, 1.54) is 6.20 Å². The Morgan fingerprint density at radius 1 is 1.50 bits per heavy atom. The topological polar surface area (TPSA) is 66.8 Å². The summed E-state index contributed by atoms with van der Waals surface area (Å²) in [6.07, 6.45) is 8.05. The van der Waals surface area contributed by atoms with Gasteiger partial charge in [-0.05, 0) is 25.3 Å². The number of likely N-dealkylation sites (tertiary alicyclic amines) is 1. The van der Waals surface area contributed by atoms with Crippen LogP contribution in [0.4, 0.5) is 0 Å². The largest absolute Gasteiger partial charge is 0.333 e. The zero-order valence-corrected chi connectivity index (χ0v) is 11.8. The molecule has 1 aliphatic rings. The van der Waals surface area contributed by atoms with Gasteiger partial charge in [-0.3, -0.25) is 14.6 Å². The van der Waals surface area contributed by atoms with Gasteiger partial charge in [-0.1, -0.05) is 11.6 Å². The van der Waals surface area contributed by atoms with Crippen molar-refractivity contribution in [1.82, 2.24) is 24.9 Å². The summed E-state index contributed by atoms with van der Waals surface area (Å²) in [6, 6.07) is 2.02. The van der Waals surface area contributed by atoms with Crippen LogP contribution < -0.4 is 0 Å². The normalized spacial score (nSPS) is 19.2. The maximum absolute atomic E-state index is 12.5. The Kier molecular flexibility index (Phi) is 3.73. The van der Waals surface area contributed by atoms with Crippen LogP contribution in [0, 0.1) is 0 Å². The van der Waals surface area contributed by atoms with Crippen LogP contribution in [-0.2, 0) is 11.3 Å². The van der Waals surface area contributed by atoms with Gasteiger partial charge in [-0.25, -0.2) is 0 Å². The fourth-order valence-electron chi connectivity index (χ4n) is 2.66. The van der Waals surface area contributed by atoms with Gasteiger partial charge in [-0.2, -0.15) is 10.2 Å². The molecular weight excluding hydrogens is 278 g/mol. The molecule has 0 spiro atoms. The molecule has 2 aromatic heterocycles. The number of H-pyrrole nitrogens is 1. The highest BCUT2D eigenvalue weighted by atomic mass is 35.5. The second-order valence-electron chi connectivity index (χ2n) is 4.97. The third-order valence-electron chi connectivity index (χ3n) is 3.60. The van der Waals surface area contributed by atoms with Gasteiger partial charge in [0.05, 0.1) is 23.0 Å². The van der Waals surface area contributed by atoms with Crippen LogP contribution in [0.1, 0.15) is 31.0 Å². The predicted molar refractivity (Wildman–Crippen MR) is 74.1 cm³/mol. The maximum Gasteiger partial charge on any atom is 0.244 e. The lowest BCUT2D eigenvalue weighted by Crippen LogP contribution is -2.40. The molecule has 0 aromatic carbocycles. The van der Waals surface area contributed by atoms with E-state index in [2.05, 4.69) is 15.3 Å². The van der Waals surface area contributed by atoms with Crippen LogP contribution in [-0.4, -0.2) is 37.3 Å². The molecule has 20 heavy (non-hydrogen) atoms. The molecule has 3 heterocycles. The number of nitrogens with one attached hydrogen (secondary N) is 1. The molecule has 1 fully saturated rings. The first-order valence-electron chi connectivity index (χ1n) is 6.71. The van der Waals surface area contributed by atoms with Crippen LogP contribution in [0.5, 0.6) is 0 Å². The van der Waals surface area contributed by atoms with Crippen molar-refractivity contribution in [3.63, 3.8) is 0 Å².